The molecule has 6 heteroatoms. The van der Waals surface area contributed by atoms with Crippen LogP contribution in [0.2, 0.25) is 0 Å². The number of carbonyl (C=O) groups is 1. The number of anilines is 1. The molecule has 0 aromatic carbocycles. The Labute approximate surface area is 143 Å². The molecule has 1 heterocycles. The van der Waals surface area contributed by atoms with Crippen molar-refractivity contribution in [2.24, 2.45) is 5.41 Å². The number of amides is 1. The molecule has 0 spiro atoms. The molecular weight excluding hydrogens is 306 g/mol. The number of unbranched alkanes of at least 4 members (excludes halogenated alkanes) is 1. The van der Waals surface area contributed by atoms with Crippen molar-refractivity contribution in [2.75, 3.05) is 18.5 Å². The minimum atomic E-state index is -0.552. The van der Waals surface area contributed by atoms with Gasteiger partial charge >= 0.3 is 0 Å². The van der Waals surface area contributed by atoms with E-state index in [0.717, 1.165) is 31.4 Å². The van der Waals surface area contributed by atoms with Crippen LogP contribution in [-0.2, 0) is 16.1 Å². The van der Waals surface area contributed by atoms with Crippen molar-refractivity contribution in [2.45, 2.75) is 65.8 Å². The lowest BCUT2D eigenvalue weighted by Gasteiger charge is -2.18. The standard InChI is InChI=1S/C18H29N3O3/c1-5-6-10-24-11-9-21-16(22)15(19-17(23)18(2,3)4)12-14(20-21)13-7-8-13/h12-13H,5-11H2,1-4H3,(H,19,23). The van der Waals surface area contributed by atoms with Gasteiger partial charge in [0.2, 0.25) is 5.91 Å². The van der Waals surface area contributed by atoms with Gasteiger partial charge in [0.05, 0.1) is 18.8 Å². The topological polar surface area (TPSA) is 73.2 Å². The third kappa shape index (κ3) is 5.16. The normalized spacial score (nSPS) is 14.7. The van der Waals surface area contributed by atoms with E-state index in [1.54, 1.807) is 6.07 Å². The van der Waals surface area contributed by atoms with E-state index in [4.69, 9.17) is 4.74 Å². The molecule has 1 aromatic heterocycles. The summed E-state index contributed by atoms with van der Waals surface area (Å²) >= 11 is 0. The molecule has 1 fully saturated rings. The minimum absolute atomic E-state index is 0.168. The van der Waals surface area contributed by atoms with Gasteiger partial charge in [0.15, 0.2) is 0 Å². The third-order valence-corrected chi connectivity index (χ3v) is 4.01. The Bertz CT molecular complexity index is 627. The number of carbonyl (C=O) groups excluding carboxylic acids is 1. The van der Waals surface area contributed by atoms with Gasteiger partial charge in [-0.15, -0.1) is 0 Å². The van der Waals surface area contributed by atoms with Crippen LogP contribution in [0.15, 0.2) is 10.9 Å². The highest BCUT2D eigenvalue weighted by atomic mass is 16.5. The van der Waals surface area contributed by atoms with Gasteiger partial charge in [-0.25, -0.2) is 4.68 Å². The fourth-order valence-corrected chi connectivity index (χ4v) is 2.19. The summed E-state index contributed by atoms with van der Waals surface area (Å²) in [4.78, 5) is 24.8. The van der Waals surface area contributed by atoms with Crippen molar-refractivity contribution >= 4 is 11.6 Å². The highest BCUT2D eigenvalue weighted by molar-refractivity contribution is 5.94. The van der Waals surface area contributed by atoms with Crippen LogP contribution in [0, 0.1) is 5.41 Å². The molecule has 1 amide bonds. The molecule has 6 nitrogen and oxygen atoms in total. The average Bonchev–Trinajstić information content (AvgIpc) is 3.34. The molecule has 24 heavy (non-hydrogen) atoms. The second kappa shape index (κ2) is 7.92. The molecule has 0 atom stereocenters. The van der Waals surface area contributed by atoms with E-state index in [0.29, 0.717) is 31.4 Å². The maximum atomic E-state index is 12.6. The molecule has 0 unspecified atom stereocenters. The lowest BCUT2D eigenvalue weighted by atomic mass is 9.95. The number of nitrogens with one attached hydrogen (secondary N) is 1. The van der Waals surface area contributed by atoms with E-state index >= 15 is 0 Å². The Morgan fingerprint density at radius 2 is 2.08 bits per heavy atom. The number of hydrogen-bond donors (Lipinski definition) is 1. The van der Waals surface area contributed by atoms with Crippen molar-refractivity contribution < 1.29 is 9.53 Å². The Morgan fingerprint density at radius 1 is 1.38 bits per heavy atom. The van der Waals surface area contributed by atoms with Crippen LogP contribution in [0.25, 0.3) is 0 Å². The molecule has 1 N–H and O–H groups in total. The maximum Gasteiger partial charge on any atom is 0.290 e. The predicted molar refractivity (Wildman–Crippen MR) is 94.3 cm³/mol. The second-order valence-corrected chi connectivity index (χ2v) is 7.46. The lowest BCUT2D eigenvalue weighted by Crippen LogP contribution is -2.34. The Morgan fingerprint density at radius 3 is 2.67 bits per heavy atom. The summed E-state index contributed by atoms with van der Waals surface area (Å²) in [6, 6.07) is 1.73. The Kier molecular flexibility index (Phi) is 6.15. The second-order valence-electron chi connectivity index (χ2n) is 7.46. The van der Waals surface area contributed by atoms with Gasteiger partial charge in [-0.1, -0.05) is 34.1 Å². The van der Waals surface area contributed by atoms with E-state index < -0.39 is 5.41 Å². The monoisotopic (exact) mass is 335 g/mol. The molecule has 0 aliphatic heterocycles. The Balaban J connectivity index is 2.14. The zero-order valence-corrected chi connectivity index (χ0v) is 15.2. The molecule has 2 rings (SSSR count). The molecule has 1 aliphatic carbocycles. The van der Waals surface area contributed by atoms with E-state index in [1.165, 1.54) is 4.68 Å². The summed E-state index contributed by atoms with van der Waals surface area (Å²) in [6.07, 6.45) is 4.27. The van der Waals surface area contributed by atoms with Crippen molar-refractivity contribution in [3.05, 3.63) is 22.1 Å². The van der Waals surface area contributed by atoms with Crippen molar-refractivity contribution in [1.29, 1.82) is 0 Å². The smallest absolute Gasteiger partial charge is 0.290 e. The predicted octanol–water partition coefficient (Wildman–Crippen LogP) is 2.92. The summed E-state index contributed by atoms with van der Waals surface area (Å²) in [5, 5.41) is 7.23. The number of aromatic nitrogens is 2. The lowest BCUT2D eigenvalue weighted by molar-refractivity contribution is -0.123. The summed E-state index contributed by atoms with van der Waals surface area (Å²) in [6.45, 7) is 9.14. The van der Waals surface area contributed by atoms with Gasteiger partial charge < -0.3 is 10.1 Å². The van der Waals surface area contributed by atoms with Crippen LogP contribution in [-0.4, -0.2) is 28.9 Å². The van der Waals surface area contributed by atoms with Crippen LogP contribution >= 0.6 is 0 Å². The number of nitrogens with zero attached hydrogens (tertiary/aromatic N) is 2. The van der Waals surface area contributed by atoms with Crippen molar-refractivity contribution in [3.8, 4) is 0 Å². The van der Waals surface area contributed by atoms with E-state index in [1.807, 2.05) is 20.8 Å². The van der Waals surface area contributed by atoms with E-state index in [-0.39, 0.29) is 11.5 Å². The largest absolute Gasteiger partial charge is 0.380 e. The van der Waals surface area contributed by atoms with E-state index in [2.05, 4.69) is 17.3 Å². The van der Waals surface area contributed by atoms with Gasteiger partial charge in [0.1, 0.15) is 5.69 Å². The quantitative estimate of drug-likeness (QED) is 0.741. The molecular formula is C18H29N3O3. The van der Waals surface area contributed by atoms with Gasteiger partial charge in [0, 0.05) is 17.9 Å². The molecule has 1 aliphatic rings. The zero-order valence-electron chi connectivity index (χ0n) is 15.2. The minimum Gasteiger partial charge on any atom is -0.380 e. The first kappa shape index (κ1) is 18.6. The molecule has 0 bridgehead atoms. The molecule has 0 saturated heterocycles. The molecule has 0 radical (unpaired) electrons. The number of ether oxygens (including phenoxy) is 1. The number of rotatable bonds is 8. The van der Waals surface area contributed by atoms with Crippen LogP contribution in [0.5, 0.6) is 0 Å². The Hall–Kier alpha value is -1.69. The van der Waals surface area contributed by atoms with Gasteiger partial charge in [-0.2, -0.15) is 5.10 Å². The van der Waals surface area contributed by atoms with Crippen LogP contribution in [0.4, 0.5) is 5.69 Å². The van der Waals surface area contributed by atoms with Crippen LogP contribution in [0.1, 0.15) is 65.0 Å². The first-order chi connectivity index (χ1) is 11.3. The highest BCUT2D eigenvalue weighted by Crippen LogP contribution is 2.39. The fourth-order valence-electron chi connectivity index (χ4n) is 2.19. The zero-order chi connectivity index (χ0) is 17.7. The van der Waals surface area contributed by atoms with Crippen LogP contribution in [0.3, 0.4) is 0 Å². The van der Waals surface area contributed by atoms with E-state index in [9.17, 15) is 9.59 Å². The summed E-state index contributed by atoms with van der Waals surface area (Å²) in [5.74, 6) is 0.237. The van der Waals surface area contributed by atoms with Gasteiger partial charge in [-0.3, -0.25) is 9.59 Å². The third-order valence-electron chi connectivity index (χ3n) is 4.01. The van der Waals surface area contributed by atoms with Crippen molar-refractivity contribution in [3.63, 3.8) is 0 Å². The van der Waals surface area contributed by atoms with Crippen molar-refractivity contribution in [1.82, 2.24) is 9.78 Å². The summed E-state index contributed by atoms with van der Waals surface area (Å²) < 4.78 is 6.97. The molecule has 1 aromatic rings. The first-order valence-corrected chi connectivity index (χ1v) is 8.84. The van der Waals surface area contributed by atoms with Crippen LogP contribution < -0.4 is 10.9 Å². The number of hydrogen-bond acceptors (Lipinski definition) is 4. The van der Waals surface area contributed by atoms with Gasteiger partial charge in [0.25, 0.3) is 5.56 Å². The molecule has 134 valence electrons. The maximum absolute atomic E-state index is 12.6. The van der Waals surface area contributed by atoms with Gasteiger partial charge in [-0.05, 0) is 25.3 Å². The average molecular weight is 335 g/mol. The first-order valence-electron chi connectivity index (χ1n) is 8.84. The molecule has 1 saturated carbocycles. The summed E-state index contributed by atoms with van der Waals surface area (Å²) in [7, 11) is 0. The fraction of sp³-hybridized carbons (Fsp3) is 0.722. The SMILES string of the molecule is CCCCOCCn1nc(C2CC2)cc(NC(=O)C(C)(C)C)c1=O. The summed E-state index contributed by atoms with van der Waals surface area (Å²) in [5.41, 5.74) is 0.382. The highest BCUT2D eigenvalue weighted by Gasteiger charge is 2.28.